The predicted octanol–water partition coefficient (Wildman–Crippen LogP) is 4.58. The van der Waals surface area contributed by atoms with E-state index in [2.05, 4.69) is 4.99 Å². The fourth-order valence-corrected chi connectivity index (χ4v) is 6.88. The van der Waals surface area contributed by atoms with E-state index in [1.54, 1.807) is 42.5 Å². The molecule has 0 bridgehead atoms. The monoisotopic (exact) mass is 768 g/mol. The number of esters is 1. The van der Waals surface area contributed by atoms with Crippen LogP contribution in [0.25, 0.3) is 16.8 Å². The molecule has 1 aliphatic heterocycles. The summed E-state index contributed by atoms with van der Waals surface area (Å²) in [6, 6.07) is 11.6. The Morgan fingerprint density at radius 1 is 1.11 bits per heavy atom. The highest BCUT2D eigenvalue weighted by molar-refractivity contribution is 14.1. The summed E-state index contributed by atoms with van der Waals surface area (Å²) >= 11 is 2.62. The van der Waals surface area contributed by atoms with Gasteiger partial charge in [-0.1, -0.05) is 41.7 Å². The SMILES string of the molecule is CCOC(=O)C1=C(C(F)(F)F)N=c2s/c(=C\c3cc(I)c(OCC(=O)O)c(OC)c3)c(=O)n2[C@H]1c1c(OC)ccc2ccccc12. The van der Waals surface area contributed by atoms with Crippen LogP contribution in [-0.2, 0) is 14.3 Å². The van der Waals surface area contributed by atoms with Crippen LogP contribution in [0.15, 0.2) is 69.6 Å². The van der Waals surface area contributed by atoms with E-state index in [0.717, 1.165) is 4.57 Å². The van der Waals surface area contributed by atoms with Crippen molar-refractivity contribution in [1.82, 2.24) is 4.57 Å². The minimum atomic E-state index is -5.08. The number of aliphatic carboxylic acids is 1. The lowest BCUT2D eigenvalue weighted by atomic mass is 9.90. The van der Waals surface area contributed by atoms with Gasteiger partial charge in [-0.05, 0) is 70.1 Å². The number of fused-ring (bicyclic) bond motifs is 2. The lowest BCUT2D eigenvalue weighted by Gasteiger charge is -2.28. The molecule has 0 unspecified atom stereocenters. The zero-order valence-corrected chi connectivity index (χ0v) is 27.3. The lowest BCUT2D eigenvalue weighted by molar-refractivity contribution is -0.141. The summed E-state index contributed by atoms with van der Waals surface area (Å²) in [7, 11) is 2.69. The van der Waals surface area contributed by atoms with Crippen LogP contribution in [0.4, 0.5) is 13.2 Å². The van der Waals surface area contributed by atoms with Crippen LogP contribution in [0.5, 0.6) is 17.2 Å². The van der Waals surface area contributed by atoms with Crippen molar-refractivity contribution in [3.05, 3.63) is 94.2 Å². The average molecular weight is 769 g/mol. The van der Waals surface area contributed by atoms with Crippen LogP contribution >= 0.6 is 33.9 Å². The van der Waals surface area contributed by atoms with Crippen molar-refractivity contribution in [2.75, 3.05) is 27.4 Å². The Bertz CT molecular complexity index is 2090. The molecule has 0 fully saturated rings. The summed E-state index contributed by atoms with van der Waals surface area (Å²) in [5, 5.41) is 10.1. The highest BCUT2D eigenvalue weighted by Gasteiger charge is 2.46. The van der Waals surface area contributed by atoms with E-state index in [-0.39, 0.29) is 38.8 Å². The number of ether oxygens (including phenoxy) is 4. The molecule has 0 spiro atoms. The number of carboxylic acids is 1. The maximum atomic E-state index is 14.7. The summed E-state index contributed by atoms with van der Waals surface area (Å²) < 4.78 is 66.9. The van der Waals surface area contributed by atoms with Crippen LogP contribution < -0.4 is 29.1 Å². The van der Waals surface area contributed by atoms with Crippen LogP contribution in [0.3, 0.4) is 0 Å². The number of hydrogen-bond acceptors (Lipinski definition) is 9. The number of nitrogens with zero attached hydrogens (tertiary/aromatic N) is 2. The number of methoxy groups -OCH3 is 2. The third-order valence-electron chi connectivity index (χ3n) is 6.91. The first kappa shape index (κ1) is 33.0. The van der Waals surface area contributed by atoms with Gasteiger partial charge in [-0.3, -0.25) is 9.36 Å². The predicted molar refractivity (Wildman–Crippen MR) is 170 cm³/mol. The van der Waals surface area contributed by atoms with Gasteiger partial charge < -0.3 is 24.1 Å². The van der Waals surface area contributed by atoms with E-state index in [1.165, 1.54) is 33.3 Å². The van der Waals surface area contributed by atoms with Gasteiger partial charge in [-0.15, -0.1) is 0 Å². The summed E-state index contributed by atoms with van der Waals surface area (Å²) in [5.74, 6) is -1.97. The van der Waals surface area contributed by atoms with Crippen LogP contribution in [0.1, 0.15) is 24.1 Å². The molecule has 1 aromatic heterocycles. The Morgan fingerprint density at radius 3 is 2.48 bits per heavy atom. The van der Waals surface area contributed by atoms with Gasteiger partial charge in [0.2, 0.25) is 0 Å². The smallest absolute Gasteiger partial charge is 0.434 e. The minimum absolute atomic E-state index is 0.00615. The van der Waals surface area contributed by atoms with E-state index in [0.29, 0.717) is 31.2 Å². The van der Waals surface area contributed by atoms with Crippen molar-refractivity contribution in [1.29, 1.82) is 0 Å². The van der Waals surface area contributed by atoms with Gasteiger partial charge in [0, 0.05) is 5.56 Å². The molecule has 2 heterocycles. The molecule has 4 aromatic rings. The fraction of sp³-hybridized carbons (Fsp3) is 0.226. The number of thiazole rings is 1. The molecule has 10 nitrogen and oxygen atoms in total. The van der Waals surface area contributed by atoms with Crippen LogP contribution in [-0.4, -0.2) is 55.2 Å². The molecule has 1 N–H and O–H groups in total. The number of allylic oxidation sites excluding steroid dienone is 1. The Labute approximate surface area is 276 Å². The summed E-state index contributed by atoms with van der Waals surface area (Å²) in [5.41, 5.74) is -2.47. The summed E-state index contributed by atoms with van der Waals surface area (Å²) in [4.78, 5) is 42.1. The second-order valence-corrected chi connectivity index (χ2v) is 11.9. The van der Waals surface area contributed by atoms with Gasteiger partial charge in [0.1, 0.15) is 11.8 Å². The van der Waals surface area contributed by atoms with Crippen molar-refractivity contribution in [2.45, 2.75) is 19.1 Å². The number of alkyl halides is 3. The molecule has 3 aromatic carbocycles. The quantitative estimate of drug-likeness (QED) is 0.194. The first-order chi connectivity index (χ1) is 21.9. The number of carboxylic acid groups (broad SMARTS) is 1. The normalized spacial score (nSPS) is 14.9. The third-order valence-corrected chi connectivity index (χ3v) is 8.69. The van der Waals surface area contributed by atoms with Crippen molar-refractivity contribution in [3.63, 3.8) is 0 Å². The summed E-state index contributed by atoms with van der Waals surface area (Å²) in [6.07, 6.45) is -3.64. The second kappa shape index (κ2) is 13.2. The van der Waals surface area contributed by atoms with E-state index in [1.807, 2.05) is 22.6 Å². The molecule has 0 aliphatic carbocycles. The first-order valence-electron chi connectivity index (χ1n) is 13.5. The van der Waals surface area contributed by atoms with Crippen LogP contribution in [0, 0.1) is 3.57 Å². The molecule has 0 amide bonds. The van der Waals surface area contributed by atoms with Gasteiger partial charge in [0.15, 0.2) is 28.6 Å². The Balaban J connectivity index is 1.83. The molecule has 46 heavy (non-hydrogen) atoms. The molecule has 240 valence electrons. The molecular formula is C31H24F3IN2O8S. The largest absolute Gasteiger partial charge is 0.496 e. The number of hydrogen-bond donors (Lipinski definition) is 1. The van der Waals surface area contributed by atoms with E-state index < -0.39 is 47.6 Å². The first-order valence-corrected chi connectivity index (χ1v) is 15.4. The topological polar surface area (TPSA) is 126 Å². The van der Waals surface area contributed by atoms with Gasteiger partial charge >= 0.3 is 18.1 Å². The van der Waals surface area contributed by atoms with E-state index in [9.17, 15) is 27.6 Å². The van der Waals surface area contributed by atoms with Crippen molar-refractivity contribution in [2.24, 2.45) is 4.99 Å². The molecule has 0 saturated carbocycles. The molecule has 1 aliphatic rings. The van der Waals surface area contributed by atoms with Crippen molar-refractivity contribution < 1.29 is 46.8 Å². The lowest BCUT2D eigenvalue weighted by Crippen LogP contribution is -2.41. The zero-order chi connectivity index (χ0) is 33.3. The fourth-order valence-electron chi connectivity index (χ4n) is 5.10. The number of halogens is 4. The van der Waals surface area contributed by atoms with Gasteiger partial charge in [-0.2, -0.15) is 13.2 Å². The van der Waals surface area contributed by atoms with Crippen molar-refractivity contribution >= 4 is 62.7 Å². The number of aromatic nitrogens is 1. The Hall–Kier alpha value is -4.38. The highest BCUT2D eigenvalue weighted by Crippen LogP contribution is 2.43. The Morgan fingerprint density at radius 2 is 1.83 bits per heavy atom. The number of rotatable bonds is 9. The molecule has 1 atom stereocenters. The maximum Gasteiger partial charge on any atom is 0.434 e. The molecule has 5 rings (SSSR count). The van der Waals surface area contributed by atoms with Crippen molar-refractivity contribution in [3.8, 4) is 17.2 Å². The molecule has 15 heteroatoms. The van der Waals surface area contributed by atoms with Gasteiger partial charge in [0.05, 0.1) is 34.5 Å². The zero-order valence-electron chi connectivity index (χ0n) is 24.3. The van der Waals surface area contributed by atoms with E-state index in [4.69, 9.17) is 24.1 Å². The molecule has 0 saturated heterocycles. The van der Waals surface area contributed by atoms with Gasteiger partial charge in [-0.25, -0.2) is 14.6 Å². The van der Waals surface area contributed by atoms with Gasteiger partial charge in [0.25, 0.3) is 5.56 Å². The Kier molecular flexibility index (Phi) is 9.44. The number of carbonyl (C=O) groups excluding carboxylic acids is 1. The highest BCUT2D eigenvalue weighted by atomic mass is 127. The van der Waals surface area contributed by atoms with E-state index >= 15 is 0 Å². The minimum Gasteiger partial charge on any atom is -0.496 e. The maximum absolute atomic E-state index is 14.7. The summed E-state index contributed by atoms with van der Waals surface area (Å²) in [6.45, 7) is 0.623. The number of carbonyl (C=O) groups is 2. The van der Waals surface area contributed by atoms with Crippen LogP contribution in [0.2, 0.25) is 0 Å². The molecular weight excluding hydrogens is 744 g/mol. The average Bonchev–Trinajstić information content (AvgIpc) is 3.32. The number of benzene rings is 3. The second-order valence-electron chi connectivity index (χ2n) is 9.68. The third kappa shape index (κ3) is 6.20. The standard InChI is InChI=1S/C31H24F3IN2O8S/c1-4-44-29(41)24-25(23-17-8-6-5-7-16(17)9-10-19(23)42-2)37-28(40)21(46-30(37)36-27(24)31(32,33)34)13-15-11-18(35)26(20(12-15)43-3)45-14-22(38)39/h5-13,25H,4,14H2,1-3H3,(H,38,39)/b21-13-/t25-/m0/s1. The molecule has 0 radical (unpaired) electrons.